The minimum Gasteiger partial charge on any atom is -0.493 e. The van der Waals surface area contributed by atoms with E-state index < -0.39 is 0 Å². The van der Waals surface area contributed by atoms with Crippen LogP contribution in [0.15, 0.2) is 35.4 Å². The van der Waals surface area contributed by atoms with E-state index in [4.69, 9.17) is 18.9 Å². The molecule has 1 fully saturated rings. The summed E-state index contributed by atoms with van der Waals surface area (Å²) >= 11 is 0. The largest absolute Gasteiger partial charge is 0.493 e. The number of methoxy groups -OCH3 is 4. The van der Waals surface area contributed by atoms with Crippen LogP contribution in [0.5, 0.6) is 11.5 Å². The van der Waals surface area contributed by atoms with Crippen LogP contribution in [0.25, 0.3) is 0 Å². The Hall–Kier alpha value is -1.82. The number of benzene rings is 1. The molecular weight excluding hydrogens is 342 g/mol. The van der Waals surface area contributed by atoms with Crippen molar-refractivity contribution in [3.8, 4) is 11.5 Å². The predicted octanol–water partition coefficient (Wildman–Crippen LogP) is 3.29. The van der Waals surface area contributed by atoms with Crippen LogP contribution in [0.1, 0.15) is 30.4 Å². The van der Waals surface area contributed by atoms with Crippen LogP contribution in [0.4, 0.5) is 0 Å². The van der Waals surface area contributed by atoms with Crippen molar-refractivity contribution in [3.63, 3.8) is 0 Å². The first kappa shape index (κ1) is 18.5. The summed E-state index contributed by atoms with van der Waals surface area (Å²) in [7, 11) is 6.93. The molecule has 4 rings (SSSR count). The van der Waals surface area contributed by atoms with Gasteiger partial charge in [-0.15, -0.1) is 0 Å². The van der Waals surface area contributed by atoms with Crippen molar-refractivity contribution in [2.45, 2.75) is 44.1 Å². The Kier molecular flexibility index (Phi) is 5.01. The van der Waals surface area contributed by atoms with Crippen molar-refractivity contribution in [2.75, 3.05) is 35.0 Å². The van der Waals surface area contributed by atoms with E-state index in [9.17, 15) is 0 Å². The first-order valence-corrected chi connectivity index (χ1v) is 9.59. The standard InChI is InChI=1S/C22H29NO4/c1-13-15-6-7-18(24-2)22(27-5)17(15)12-23-9-8-14-10-19(25-3)20(26-4)11-16(14)21(13)23/h6-7,10-11,13,19-21H,8-9,12H2,1-5H3/t13-,19?,20?,21+/m0/s1. The van der Waals surface area contributed by atoms with E-state index in [0.717, 1.165) is 31.0 Å². The van der Waals surface area contributed by atoms with E-state index in [2.05, 4.69) is 30.0 Å². The zero-order chi connectivity index (χ0) is 19.1. The number of ether oxygens (including phenoxy) is 4. The highest BCUT2D eigenvalue weighted by Gasteiger charge is 2.42. The van der Waals surface area contributed by atoms with Crippen LogP contribution in [0, 0.1) is 0 Å². The fourth-order valence-electron chi connectivity index (χ4n) is 5.02. The highest BCUT2D eigenvalue weighted by molar-refractivity contribution is 5.55. The van der Waals surface area contributed by atoms with Gasteiger partial charge in [-0.3, -0.25) is 4.90 Å². The average Bonchev–Trinajstić information content (AvgIpc) is 2.71. The van der Waals surface area contributed by atoms with E-state index in [1.807, 2.05) is 6.07 Å². The molecule has 0 radical (unpaired) electrons. The van der Waals surface area contributed by atoms with Gasteiger partial charge in [0.1, 0.15) is 12.2 Å². The Morgan fingerprint density at radius 3 is 2.37 bits per heavy atom. The van der Waals surface area contributed by atoms with Gasteiger partial charge in [-0.05, 0) is 41.3 Å². The van der Waals surface area contributed by atoms with Crippen molar-refractivity contribution in [3.05, 3.63) is 46.6 Å². The molecule has 2 aliphatic heterocycles. The van der Waals surface area contributed by atoms with Crippen molar-refractivity contribution in [1.82, 2.24) is 4.90 Å². The van der Waals surface area contributed by atoms with E-state index in [1.54, 1.807) is 28.4 Å². The molecule has 1 aliphatic carbocycles. The molecule has 2 unspecified atom stereocenters. The van der Waals surface area contributed by atoms with Crippen molar-refractivity contribution < 1.29 is 18.9 Å². The predicted molar refractivity (Wildman–Crippen MR) is 105 cm³/mol. The third-order valence-corrected chi connectivity index (χ3v) is 6.34. The van der Waals surface area contributed by atoms with Gasteiger partial charge >= 0.3 is 0 Å². The zero-order valence-corrected chi connectivity index (χ0v) is 16.8. The normalized spacial score (nSPS) is 29.8. The molecule has 0 bridgehead atoms. The zero-order valence-electron chi connectivity index (χ0n) is 16.8. The lowest BCUT2D eigenvalue weighted by Crippen LogP contribution is -2.49. The van der Waals surface area contributed by atoms with Crippen LogP contribution < -0.4 is 9.47 Å². The quantitative estimate of drug-likeness (QED) is 0.812. The van der Waals surface area contributed by atoms with Gasteiger partial charge in [0.2, 0.25) is 0 Å². The van der Waals surface area contributed by atoms with E-state index >= 15 is 0 Å². The molecule has 0 aromatic heterocycles. The molecule has 146 valence electrons. The van der Waals surface area contributed by atoms with Gasteiger partial charge in [-0.2, -0.15) is 0 Å². The van der Waals surface area contributed by atoms with Gasteiger partial charge in [0.15, 0.2) is 11.5 Å². The monoisotopic (exact) mass is 371 g/mol. The molecule has 5 nitrogen and oxygen atoms in total. The molecule has 5 heteroatoms. The molecule has 3 aliphatic rings. The van der Waals surface area contributed by atoms with Crippen LogP contribution >= 0.6 is 0 Å². The number of hydrogen-bond donors (Lipinski definition) is 0. The summed E-state index contributed by atoms with van der Waals surface area (Å²) in [4.78, 5) is 2.57. The second kappa shape index (κ2) is 7.30. The Labute approximate surface area is 161 Å². The summed E-state index contributed by atoms with van der Waals surface area (Å²) in [5.74, 6) is 2.03. The molecule has 1 aromatic rings. The summed E-state index contributed by atoms with van der Waals surface area (Å²) < 4.78 is 22.6. The third kappa shape index (κ3) is 2.89. The minimum absolute atomic E-state index is 0.00385. The lowest BCUT2D eigenvalue weighted by Gasteiger charge is -2.48. The summed E-state index contributed by atoms with van der Waals surface area (Å²) in [6.45, 7) is 4.22. The fraction of sp³-hybridized carbons (Fsp3) is 0.545. The Bertz CT molecular complexity index is 785. The number of hydrogen-bond acceptors (Lipinski definition) is 5. The first-order valence-electron chi connectivity index (χ1n) is 9.59. The van der Waals surface area contributed by atoms with Crippen LogP contribution in [0.2, 0.25) is 0 Å². The smallest absolute Gasteiger partial charge is 0.165 e. The summed E-state index contributed by atoms with van der Waals surface area (Å²) in [5.41, 5.74) is 5.41. The van der Waals surface area contributed by atoms with Crippen LogP contribution in [-0.4, -0.2) is 58.1 Å². The highest BCUT2D eigenvalue weighted by atomic mass is 16.5. The molecule has 0 spiro atoms. The maximum absolute atomic E-state index is 5.72. The lowest BCUT2D eigenvalue weighted by atomic mass is 9.73. The van der Waals surface area contributed by atoms with Gasteiger partial charge in [0, 0.05) is 44.8 Å². The van der Waals surface area contributed by atoms with Gasteiger partial charge in [0.25, 0.3) is 0 Å². The van der Waals surface area contributed by atoms with E-state index in [-0.39, 0.29) is 12.2 Å². The number of fused-ring (bicyclic) bond motifs is 4. The van der Waals surface area contributed by atoms with Gasteiger partial charge in [-0.25, -0.2) is 0 Å². The van der Waals surface area contributed by atoms with Gasteiger partial charge < -0.3 is 18.9 Å². The summed E-state index contributed by atoms with van der Waals surface area (Å²) in [6, 6.07) is 4.58. The van der Waals surface area contributed by atoms with Crippen LogP contribution in [-0.2, 0) is 16.0 Å². The average molecular weight is 371 g/mol. The minimum atomic E-state index is -0.0345. The molecule has 0 saturated carbocycles. The number of piperidine rings is 1. The molecular formula is C22H29NO4. The van der Waals surface area contributed by atoms with E-state index in [1.165, 1.54) is 22.3 Å². The molecule has 27 heavy (non-hydrogen) atoms. The molecule has 2 heterocycles. The Morgan fingerprint density at radius 1 is 0.963 bits per heavy atom. The Morgan fingerprint density at radius 2 is 1.70 bits per heavy atom. The molecule has 0 N–H and O–H groups in total. The second-order valence-electron chi connectivity index (χ2n) is 7.54. The van der Waals surface area contributed by atoms with Crippen molar-refractivity contribution in [2.24, 2.45) is 0 Å². The topological polar surface area (TPSA) is 40.2 Å². The maximum atomic E-state index is 5.72. The van der Waals surface area contributed by atoms with Gasteiger partial charge in [-0.1, -0.05) is 13.0 Å². The molecule has 1 aromatic carbocycles. The summed E-state index contributed by atoms with van der Waals surface area (Å²) in [5, 5.41) is 0. The van der Waals surface area contributed by atoms with Crippen LogP contribution in [0.3, 0.4) is 0 Å². The lowest BCUT2D eigenvalue weighted by molar-refractivity contribution is 0.0107. The maximum Gasteiger partial charge on any atom is 0.165 e. The Balaban J connectivity index is 1.76. The van der Waals surface area contributed by atoms with Crippen molar-refractivity contribution >= 4 is 0 Å². The fourth-order valence-corrected chi connectivity index (χ4v) is 5.02. The summed E-state index contributed by atoms with van der Waals surface area (Å²) in [6.07, 6.45) is 5.54. The molecule has 0 amide bonds. The number of nitrogens with zero attached hydrogens (tertiary/aromatic N) is 1. The first-order chi connectivity index (χ1) is 13.1. The number of rotatable bonds is 4. The second-order valence-corrected chi connectivity index (χ2v) is 7.54. The van der Waals surface area contributed by atoms with Gasteiger partial charge in [0.05, 0.1) is 14.2 Å². The SMILES string of the molecule is COc1ccc2c(c1OC)CN1CCC3=CC(OC)C(OC)C=C3[C@H]1[C@H]2C. The van der Waals surface area contributed by atoms with Crippen molar-refractivity contribution in [1.29, 1.82) is 0 Å². The highest BCUT2D eigenvalue weighted by Crippen LogP contribution is 2.47. The molecule has 1 saturated heterocycles. The van der Waals surface area contributed by atoms with E-state index in [0.29, 0.717) is 12.0 Å². The molecule has 4 atom stereocenters. The third-order valence-electron chi connectivity index (χ3n) is 6.34.